The zero-order chi connectivity index (χ0) is 13.1. The van der Waals surface area contributed by atoms with E-state index in [1.807, 2.05) is 0 Å². The molecule has 0 aliphatic heterocycles. The van der Waals surface area contributed by atoms with Gasteiger partial charge in [0.05, 0.1) is 5.69 Å². The summed E-state index contributed by atoms with van der Waals surface area (Å²) >= 11 is 9.16. The summed E-state index contributed by atoms with van der Waals surface area (Å²) in [6.07, 6.45) is 0. The molecule has 2 rings (SSSR count). The van der Waals surface area contributed by atoms with Crippen LogP contribution in [0.15, 0.2) is 34.8 Å². The van der Waals surface area contributed by atoms with Crippen molar-refractivity contribution < 1.29 is 4.79 Å². The first kappa shape index (κ1) is 12.8. The van der Waals surface area contributed by atoms with Gasteiger partial charge < -0.3 is 11.1 Å². The van der Waals surface area contributed by atoms with Gasteiger partial charge in [-0.05, 0) is 46.3 Å². The predicted octanol–water partition coefficient (Wildman–Crippen LogP) is 2.73. The van der Waals surface area contributed by atoms with Gasteiger partial charge in [-0.25, -0.2) is 0 Å². The molecule has 1 heterocycles. The number of rotatable bonds is 2. The number of hydrogen-bond donors (Lipinski definition) is 2. The van der Waals surface area contributed by atoms with Crippen molar-refractivity contribution in [3.63, 3.8) is 0 Å². The van der Waals surface area contributed by atoms with Gasteiger partial charge in [-0.15, -0.1) is 10.2 Å². The molecule has 5 nitrogen and oxygen atoms in total. The van der Waals surface area contributed by atoms with Crippen molar-refractivity contribution >= 4 is 44.9 Å². The molecule has 0 radical (unpaired) electrons. The Morgan fingerprint density at radius 1 is 1.28 bits per heavy atom. The van der Waals surface area contributed by atoms with Crippen LogP contribution >= 0.6 is 27.5 Å². The largest absolute Gasteiger partial charge is 0.382 e. The van der Waals surface area contributed by atoms with Crippen LogP contribution in [0.5, 0.6) is 0 Å². The molecule has 0 spiro atoms. The second-order valence-electron chi connectivity index (χ2n) is 3.42. The number of nitrogens with zero attached hydrogens (tertiary/aromatic N) is 2. The topological polar surface area (TPSA) is 80.9 Å². The van der Waals surface area contributed by atoms with Crippen molar-refractivity contribution in [2.75, 3.05) is 11.1 Å². The van der Waals surface area contributed by atoms with Crippen LogP contribution in [0, 0.1) is 0 Å². The number of nitrogens with two attached hydrogens (primary N) is 1. The minimum absolute atomic E-state index is 0.177. The van der Waals surface area contributed by atoms with Crippen LogP contribution in [0.2, 0.25) is 5.02 Å². The van der Waals surface area contributed by atoms with E-state index in [0.29, 0.717) is 10.7 Å². The van der Waals surface area contributed by atoms with Gasteiger partial charge in [0.2, 0.25) is 0 Å². The molecule has 0 bridgehead atoms. The SMILES string of the molecule is Nc1ccc(C(=O)Nc2cc(Cl)ccc2Br)nn1. The zero-order valence-corrected chi connectivity index (χ0v) is 11.4. The van der Waals surface area contributed by atoms with E-state index in [-0.39, 0.29) is 17.4 Å². The maximum absolute atomic E-state index is 11.9. The second kappa shape index (κ2) is 5.32. The number of anilines is 2. The molecule has 7 heteroatoms. The summed E-state index contributed by atoms with van der Waals surface area (Å²) in [5.41, 5.74) is 6.13. The van der Waals surface area contributed by atoms with Crippen molar-refractivity contribution in [2.24, 2.45) is 0 Å². The minimum Gasteiger partial charge on any atom is -0.382 e. The molecule has 0 aliphatic carbocycles. The molecule has 18 heavy (non-hydrogen) atoms. The summed E-state index contributed by atoms with van der Waals surface area (Å²) in [6, 6.07) is 8.09. The average molecular weight is 328 g/mol. The Kier molecular flexibility index (Phi) is 3.78. The Hall–Kier alpha value is -1.66. The highest BCUT2D eigenvalue weighted by molar-refractivity contribution is 9.10. The van der Waals surface area contributed by atoms with E-state index in [0.717, 1.165) is 4.47 Å². The van der Waals surface area contributed by atoms with Crippen molar-refractivity contribution in [1.82, 2.24) is 10.2 Å². The van der Waals surface area contributed by atoms with Gasteiger partial charge in [0, 0.05) is 9.50 Å². The predicted molar refractivity (Wildman–Crippen MR) is 73.5 cm³/mol. The summed E-state index contributed by atoms with van der Waals surface area (Å²) < 4.78 is 0.726. The third kappa shape index (κ3) is 2.96. The van der Waals surface area contributed by atoms with E-state index >= 15 is 0 Å². The Bertz CT molecular complexity index is 588. The highest BCUT2D eigenvalue weighted by atomic mass is 79.9. The molecule has 0 unspecified atom stereocenters. The van der Waals surface area contributed by atoms with Crippen LogP contribution < -0.4 is 11.1 Å². The molecule has 0 atom stereocenters. The van der Waals surface area contributed by atoms with Crippen LogP contribution in [0.25, 0.3) is 0 Å². The van der Waals surface area contributed by atoms with Crippen molar-refractivity contribution in [2.45, 2.75) is 0 Å². The van der Waals surface area contributed by atoms with Crippen LogP contribution in [-0.2, 0) is 0 Å². The standard InChI is InChI=1S/C11H8BrClN4O/c12-7-2-1-6(13)5-9(7)15-11(18)8-3-4-10(14)17-16-8/h1-5H,(H2,14,17)(H,15,18). The number of carbonyl (C=O) groups is 1. The summed E-state index contributed by atoms with van der Waals surface area (Å²) in [4.78, 5) is 11.9. The molecule has 1 aromatic heterocycles. The summed E-state index contributed by atoms with van der Waals surface area (Å²) in [5, 5.41) is 10.5. The normalized spacial score (nSPS) is 10.1. The van der Waals surface area contributed by atoms with Crippen LogP contribution in [0.3, 0.4) is 0 Å². The fourth-order valence-corrected chi connectivity index (χ4v) is 1.76. The number of benzene rings is 1. The van der Waals surface area contributed by atoms with Crippen molar-refractivity contribution in [3.8, 4) is 0 Å². The van der Waals surface area contributed by atoms with Crippen LogP contribution in [0.4, 0.5) is 11.5 Å². The van der Waals surface area contributed by atoms with E-state index in [1.165, 1.54) is 12.1 Å². The maximum atomic E-state index is 11.9. The lowest BCUT2D eigenvalue weighted by atomic mass is 10.3. The minimum atomic E-state index is -0.384. The van der Waals surface area contributed by atoms with E-state index in [4.69, 9.17) is 17.3 Å². The monoisotopic (exact) mass is 326 g/mol. The molecule has 2 aromatic rings. The van der Waals surface area contributed by atoms with Crippen LogP contribution in [0.1, 0.15) is 10.5 Å². The molecular weight excluding hydrogens is 320 g/mol. The molecule has 3 N–H and O–H groups in total. The van der Waals surface area contributed by atoms with Crippen LogP contribution in [-0.4, -0.2) is 16.1 Å². The average Bonchev–Trinajstić information content (AvgIpc) is 2.34. The molecule has 1 aromatic carbocycles. The highest BCUT2D eigenvalue weighted by Crippen LogP contribution is 2.26. The van der Waals surface area contributed by atoms with Crippen molar-refractivity contribution in [3.05, 3.63) is 45.5 Å². The molecule has 1 amide bonds. The number of amides is 1. The first-order valence-corrected chi connectivity index (χ1v) is 6.09. The number of nitrogens with one attached hydrogen (secondary N) is 1. The maximum Gasteiger partial charge on any atom is 0.276 e. The molecule has 0 saturated heterocycles. The Morgan fingerprint density at radius 3 is 2.72 bits per heavy atom. The zero-order valence-electron chi connectivity index (χ0n) is 9.02. The fourth-order valence-electron chi connectivity index (χ4n) is 1.24. The van der Waals surface area contributed by atoms with Gasteiger partial charge in [-0.2, -0.15) is 0 Å². The van der Waals surface area contributed by atoms with E-state index in [2.05, 4.69) is 31.4 Å². The lowest BCUT2D eigenvalue weighted by molar-refractivity contribution is 0.102. The third-order valence-corrected chi connectivity index (χ3v) is 3.02. The Labute approximate surface area is 116 Å². The highest BCUT2D eigenvalue weighted by Gasteiger charge is 2.10. The lowest BCUT2D eigenvalue weighted by Gasteiger charge is -2.07. The van der Waals surface area contributed by atoms with Gasteiger partial charge >= 0.3 is 0 Å². The molecule has 0 fully saturated rings. The number of hydrogen-bond acceptors (Lipinski definition) is 4. The van der Waals surface area contributed by atoms with E-state index in [1.54, 1.807) is 18.2 Å². The first-order chi connectivity index (χ1) is 8.56. The van der Waals surface area contributed by atoms with Gasteiger partial charge in [-0.1, -0.05) is 11.6 Å². The quantitative estimate of drug-likeness (QED) is 0.888. The number of nitrogen functional groups attached to an aromatic ring is 1. The van der Waals surface area contributed by atoms with Gasteiger partial charge in [0.15, 0.2) is 5.69 Å². The number of halogens is 2. The lowest BCUT2D eigenvalue weighted by Crippen LogP contribution is -2.15. The second-order valence-corrected chi connectivity index (χ2v) is 4.71. The van der Waals surface area contributed by atoms with E-state index in [9.17, 15) is 4.79 Å². The molecule has 0 saturated carbocycles. The fraction of sp³-hybridized carbons (Fsp3) is 0. The smallest absolute Gasteiger partial charge is 0.276 e. The Balaban J connectivity index is 2.21. The molecule has 92 valence electrons. The molecular formula is C11H8BrClN4O. The molecule has 0 aliphatic rings. The van der Waals surface area contributed by atoms with Gasteiger partial charge in [0.1, 0.15) is 5.82 Å². The van der Waals surface area contributed by atoms with Crippen molar-refractivity contribution in [1.29, 1.82) is 0 Å². The van der Waals surface area contributed by atoms with Gasteiger partial charge in [0.25, 0.3) is 5.91 Å². The third-order valence-electron chi connectivity index (χ3n) is 2.09. The number of aromatic nitrogens is 2. The number of carbonyl (C=O) groups excluding carboxylic acids is 1. The van der Waals surface area contributed by atoms with Gasteiger partial charge in [-0.3, -0.25) is 4.79 Å². The summed E-state index contributed by atoms with van der Waals surface area (Å²) in [7, 11) is 0. The summed E-state index contributed by atoms with van der Waals surface area (Å²) in [5.74, 6) is -0.124. The first-order valence-electron chi connectivity index (χ1n) is 4.92. The Morgan fingerprint density at radius 2 is 2.06 bits per heavy atom. The summed E-state index contributed by atoms with van der Waals surface area (Å²) in [6.45, 7) is 0. The van der Waals surface area contributed by atoms with E-state index < -0.39 is 0 Å².